The molecule has 3 nitrogen and oxygen atoms in total. The fourth-order valence-corrected chi connectivity index (χ4v) is 2.45. The van der Waals surface area contributed by atoms with Crippen molar-refractivity contribution < 1.29 is 9.47 Å². The van der Waals surface area contributed by atoms with Crippen LogP contribution in [-0.2, 0) is 5.41 Å². The molecule has 2 aromatic carbocycles. The first-order valence-electron chi connectivity index (χ1n) is 8.20. The Balaban J connectivity index is 1.92. The molecule has 0 radical (unpaired) electrons. The van der Waals surface area contributed by atoms with E-state index >= 15 is 0 Å². The van der Waals surface area contributed by atoms with E-state index < -0.39 is 0 Å². The molecule has 3 heteroatoms. The summed E-state index contributed by atoms with van der Waals surface area (Å²) in [4.78, 5) is 0. The van der Waals surface area contributed by atoms with Crippen LogP contribution in [0.5, 0.6) is 11.5 Å². The van der Waals surface area contributed by atoms with Crippen LogP contribution in [0.2, 0.25) is 0 Å². The van der Waals surface area contributed by atoms with Gasteiger partial charge in [0.25, 0.3) is 0 Å². The Morgan fingerprint density at radius 3 is 2.22 bits per heavy atom. The first kappa shape index (κ1) is 17.2. The van der Waals surface area contributed by atoms with Crippen molar-refractivity contribution in [2.45, 2.75) is 33.1 Å². The molecular weight excluding hydrogens is 286 g/mol. The first-order chi connectivity index (χ1) is 11.0. The molecule has 0 amide bonds. The highest BCUT2D eigenvalue weighted by atomic mass is 16.5. The zero-order valence-corrected chi connectivity index (χ0v) is 14.6. The summed E-state index contributed by atoms with van der Waals surface area (Å²) in [7, 11) is 0. The number of para-hydroxylation sites is 3. The molecule has 0 saturated heterocycles. The fourth-order valence-electron chi connectivity index (χ4n) is 2.45. The van der Waals surface area contributed by atoms with Gasteiger partial charge in [0.2, 0.25) is 0 Å². The molecule has 0 fully saturated rings. The number of nitrogens with one attached hydrogen (secondary N) is 1. The van der Waals surface area contributed by atoms with E-state index in [9.17, 15) is 0 Å². The Bertz CT molecular complexity index is 617. The van der Waals surface area contributed by atoms with E-state index in [-0.39, 0.29) is 5.41 Å². The molecule has 124 valence electrons. The minimum absolute atomic E-state index is 0.0750. The van der Waals surface area contributed by atoms with Crippen LogP contribution in [0.4, 0.5) is 5.69 Å². The largest absolute Gasteiger partial charge is 0.492 e. The smallest absolute Gasteiger partial charge is 0.142 e. The van der Waals surface area contributed by atoms with Crippen LogP contribution in [0.3, 0.4) is 0 Å². The highest BCUT2D eigenvalue weighted by molar-refractivity contribution is 5.56. The quantitative estimate of drug-likeness (QED) is 0.739. The van der Waals surface area contributed by atoms with Crippen LogP contribution in [0.1, 0.15) is 33.3 Å². The number of rotatable bonds is 7. The third kappa shape index (κ3) is 4.92. The lowest BCUT2D eigenvalue weighted by Gasteiger charge is -2.22. The molecule has 0 aliphatic heterocycles. The van der Waals surface area contributed by atoms with Gasteiger partial charge in [-0.1, -0.05) is 51.1 Å². The van der Waals surface area contributed by atoms with Crippen molar-refractivity contribution >= 4 is 5.69 Å². The zero-order chi connectivity index (χ0) is 16.7. The molecule has 0 aliphatic carbocycles. The lowest BCUT2D eigenvalue weighted by molar-refractivity contribution is 0.321. The standard InChI is InChI=1S/C20H27NO2/c1-5-22-19-13-9-7-11-17(19)21-14-15-23-18-12-8-6-10-16(18)20(2,3)4/h6-13,21H,5,14-15H2,1-4H3. The summed E-state index contributed by atoms with van der Waals surface area (Å²) in [5.41, 5.74) is 2.31. The van der Waals surface area contributed by atoms with Gasteiger partial charge in [-0.2, -0.15) is 0 Å². The van der Waals surface area contributed by atoms with Gasteiger partial charge >= 0.3 is 0 Å². The maximum atomic E-state index is 5.98. The van der Waals surface area contributed by atoms with E-state index in [1.54, 1.807) is 0 Å². The van der Waals surface area contributed by atoms with Crippen molar-refractivity contribution in [3.63, 3.8) is 0 Å². The minimum Gasteiger partial charge on any atom is -0.492 e. The van der Waals surface area contributed by atoms with E-state index in [0.29, 0.717) is 13.2 Å². The summed E-state index contributed by atoms with van der Waals surface area (Å²) in [5, 5.41) is 3.38. The predicted molar refractivity (Wildman–Crippen MR) is 96.7 cm³/mol. The van der Waals surface area contributed by atoms with E-state index in [1.807, 2.05) is 43.3 Å². The number of hydrogen-bond donors (Lipinski definition) is 1. The van der Waals surface area contributed by atoms with Crippen molar-refractivity contribution in [2.24, 2.45) is 0 Å². The predicted octanol–water partition coefficient (Wildman–Crippen LogP) is 4.87. The van der Waals surface area contributed by atoms with E-state index in [1.165, 1.54) is 5.56 Å². The normalized spacial score (nSPS) is 11.1. The lowest BCUT2D eigenvalue weighted by Crippen LogP contribution is -2.16. The molecule has 0 spiro atoms. The van der Waals surface area contributed by atoms with Crippen LogP contribution in [0, 0.1) is 0 Å². The fraction of sp³-hybridized carbons (Fsp3) is 0.400. The summed E-state index contributed by atoms with van der Waals surface area (Å²) < 4.78 is 11.6. The zero-order valence-electron chi connectivity index (χ0n) is 14.6. The Hall–Kier alpha value is -2.16. The van der Waals surface area contributed by atoms with E-state index in [0.717, 1.165) is 23.7 Å². The summed E-state index contributed by atoms with van der Waals surface area (Å²) in [6.07, 6.45) is 0. The van der Waals surface area contributed by atoms with Crippen LogP contribution in [0.15, 0.2) is 48.5 Å². The number of benzene rings is 2. The third-order valence-corrected chi connectivity index (χ3v) is 3.56. The molecule has 0 atom stereocenters. The molecule has 2 aromatic rings. The number of ether oxygens (including phenoxy) is 2. The van der Waals surface area contributed by atoms with Gasteiger partial charge in [-0.3, -0.25) is 0 Å². The third-order valence-electron chi connectivity index (χ3n) is 3.56. The van der Waals surface area contributed by atoms with Gasteiger partial charge in [0.1, 0.15) is 18.1 Å². The molecule has 0 bridgehead atoms. The number of hydrogen-bond acceptors (Lipinski definition) is 3. The summed E-state index contributed by atoms with van der Waals surface area (Å²) in [6.45, 7) is 10.6. The van der Waals surface area contributed by atoms with Crippen LogP contribution < -0.4 is 14.8 Å². The van der Waals surface area contributed by atoms with E-state index in [2.05, 4.69) is 38.2 Å². The van der Waals surface area contributed by atoms with Crippen molar-refractivity contribution in [1.82, 2.24) is 0 Å². The second-order valence-electron chi connectivity index (χ2n) is 6.45. The monoisotopic (exact) mass is 313 g/mol. The van der Waals surface area contributed by atoms with Crippen LogP contribution in [-0.4, -0.2) is 19.8 Å². The van der Waals surface area contributed by atoms with Crippen LogP contribution in [0.25, 0.3) is 0 Å². The number of anilines is 1. The maximum absolute atomic E-state index is 5.98. The molecule has 0 saturated carbocycles. The Labute approximate surface area is 139 Å². The summed E-state index contributed by atoms with van der Waals surface area (Å²) in [6, 6.07) is 16.2. The van der Waals surface area contributed by atoms with Crippen molar-refractivity contribution in [3.05, 3.63) is 54.1 Å². The first-order valence-corrected chi connectivity index (χ1v) is 8.20. The summed E-state index contributed by atoms with van der Waals surface area (Å²) in [5.74, 6) is 1.84. The highest BCUT2D eigenvalue weighted by Gasteiger charge is 2.18. The molecule has 0 aliphatic rings. The van der Waals surface area contributed by atoms with Gasteiger partial charge in [-0.05, 0) is 36.1 Å². The second-order valence-corrected chi connectivity index (χ2v) is 6.45. The maximum Gasteiger partial charge on any atom is 0.142 e. The average molecular weight is 313 g/mol. The highest BCUT2D eigenvalue weighted by Crippen LogP contribution is 2.31. The molecule has 0 aromatic heterocycles. The Morgan fingerprint density at radius 2 is 1.52 bits per heavy atom. The second kappa shape index (κ2) is 7.91. The van der Waals surface area contributed by atoms with Crippen molar-refractivity contribution in [2.75, 3.05) is 25.1 Å². The van der Waals surface area contributed by atoms with Crippen molar-refractivity contribution in [1.29, 1.82) is 0 Å². The minimum atomic E-state index is 0.0750. The molecule has 2 rings (SSSR count). The summed E-state index contributed by atoms with van der Waals surface area (Å²) >= 11 is 0. The van der Waals surface area contributed by atoms with E-state index in [4.69, 9.17) is 9.47 Å². The Kier molecular flexibility index (Phi) is 5.91. The van der Waals surface area contributed by atoms with Crippen molar-refractivity contribution in [3.8, 4) is 11.5 Å². The average Bonchev–Trinajstić information content (AvgIpc) is 2.53. The topological polar surface area (TPSA) is 30.5 Å². The van der Waals surface area contributed by atoms with Gasteiger partial charge in [0.15, 0.2) is 0 Å². The molecule has 1 N–H and O–H groups in total. The van der Waals surface area contributed by atoms with Gasteiger partial charge in [0, 0.05) is 6.54 Å². The van der Waals surface area contributed by atoms with Gasteiger partial charge in [0.05, 0.1) is 12.3 Å². The van der Waals surface area contributed by atoms with Gasteiger partial charge < -0.3 is 14.8 Å². The van der Waals surface area contributed by atoms with Crippen LogP contribution >= 0.6 is 0 Å². The molecule has 23 heavy (non-hydrogen) atoms. The Morgan fingerprint density at radius 1 is 0.870 bits per heavy atom. The molecule has 0 heterocycles. The van der Waals surface area contributed by atoms with Gasteiger partial charge in [-0.15, -0.1) is 0 Å². The van der Waals surface area contributed by atoms with Gasteiger partial charge in [-0.25, -0.2) is 0 Å². The SMILES string of the molecule is CCOc1ccccc1NCCOc1ccccc1C(C)(C)C. The molecule has 0 unspecified atom stereocenters. The lowest BCUT2D eigenvalue weighted by atomic mass is 9.86. The molecular formula is C20H27NO2.